The van der Waals surface area contributed by atoms with E-state index in [0.29, 0.717) is 40.4 Å². The van der Waals surface area contributed by atoms with Crippen molar-refractivity contribution in [2.24, 2.45) is 0 Å². The van der Waals surface area contributed by atoms with Crippen molar-refractivity contribution in [1.29, 1.82) is 0 Å². The zero-order valence-electron chi connectivity index (χ0n) is 19.3. The SMILES string of the molecule is C#C.COc1ccccc1Cn1c(=O)oc2cnc3cc(-c4c(C)noc4C)c(OC)cc3c21. The third kappa shape index (κ3) is 3.67. The van der Waals surface area contributed by atoms with Crippen molar-refractivity contribution < 1.29 is 18.4 Å². The first-order valence-corrected chi connectivity index (χ1v) is 10.4. The van der Waals surface area contributed by atoms with Crippen molar-refractivity contribution >= 4 is 22.0 Å². The number of oxazole rings is 1. The molecule has 3 heterocycles. The average molecular weight is 457 g/mol. The molecule has 0 spiro atoms. The van der Waals surface area contributed by atoms with Gasteiger partial charge in [0.1, 0.15) is 22.8 Å². The summed E-state index contributed by atoms with van der Waals surface area (Å²) in [5, 5.41) is 4.80. The van der Waals surface area contributed by atoms with Gasteiger partial charge in [-0.3, -0.25) is 9.55 Å². The fraction of sp³-hybridized carbons (Fsp3) is 0.192. The molecule has 5 rings (SSSR count). The van der Waals surface area contributed by atoms with Crippen molar-refractivity contribution in [2.75, 3.05) is 14.2 Å². The quantitative estimate of drug-likeness (QED) is 0.352. The second-order valence-electron chi connectivity index (χ2n) is 7.51. The predicted molar refractivity (Wildman–Crippen MR) is 129 cm³/mol. The van der Waals surface area contributed by atoms with Crippen LogP contribution in [-0.4, -0.2) is 28.9 Å². The van der Waals surface area contributed by atoms with Gasteiger partial charge in [0, 0.05) is 16.5 Å². The number of ether oxygens (including phenoxy) is 2. The molecule has 0 aliphatic carbocycles. The number of benzene rings is 2. The van der Waals surface area contributed by atoms with Crippen LogP contribution >= 0.6 is 0 Å². The fourth-order valence-corrected chi connectivity index (χ4v) is 4.16. The Morgan fingerprint density at radius 3 is 2.47 bits per heavy atom. The second kappa shape index (κ2) is 9.16. The standard InChI is InChI=1S/C24H21N3O5.C2H2/c1-13-22(14(2)32-26-13)17-9-18-16(10-20(17)30-4)23-21(11-25-18)31-24(28)27(23)12-15-7-5-6-8-19(15)29-3;1-2/h5-11H,12H2,1-4H3;1-2H. The van der Waals surface area contributed by atoms with E-state index in [0.717, 1.165) is 27.8 Å². The molecule has 2 aromatic carbocycles. The third-order valence-electron chi connectivity index (χ3n) is 5.64. The van der Waals surface area contributed by atoms with Crippen LogP contribution in [0, 0.1) is 26.7 Å². The molecule has 0 atom stereocenters. The summed E-state index contributed by atoms with van der Waals surface area (Å²) in [5.41, 5.74) is 5.07. The Morgan fingerprint density at radius 2 is 1.79 bits per heavy atom. The molecule has 0 fully saturated rings. The Bertz CT molecular complexity index is 1550. The van der Waals surface area contributed by atoms with Gasteiger partial charge in [-0.1, -0.05) is 23.4 Å². The van der Waals surface area contributed by atoms with Crippen LogP contribution in [0.1, 0.15) is 17.0 Å². The molecule has 0 unspecified atom stereocenters. The number of nitrogens with zero attached hydrogens (tertiary/aromatic N) is 3. The van der Waals surface area contributed by atoms with Crippen LogP contribution in [0.3, 0.4) is 0 Å². The molecular formula is C26H23N3O5. The Labute approximate surface area is 195 Å². The highest BCUT2D eigenvalue weighted by Crippen LogP contribution is 2.39. The summed E-state index contributed by atoms with van der Waals surface area (Å²) in [7, 11) is 3.21. The lowest BCUT2D eigenvalue weighted by atomic mass is 10.0. The highest BCUT2D eigenvalue weighted by Gasteiger charge is 2.21. The second-order valence-corrected chi connectivity index (χ2v) is 7.51. The predicted octanol–water partition coefficient (Wildman–Crippen LogP) is 4.73. The van der Waals surface area contributed by atoms with E-state index >= 15 is 0 Å². The van der Waals surface area contributed by atoms with Gasteiger partial charge in [0.05, 0.1) is 43.7 Å². The van der Waals surface area contributed by atoms with Crippen molar-refractivity contribution in [3.8, 4) is 35.5 Å². The maximum Gasteiger partial charge on any atom is 0.420 e. The first kappa shape index (κ1) is 22.7. The first-order valence-electron chi connectivity index (χ1n) is 10.4. The lowest BCUT2D eigenvalue weighted by Crippen LogP contribution is -2.15. The van der Waals surface area contributed by atoms with Crippen molar-refractivity contribution in [2.45, 2.75) is 20.4 Å². The number of para-hydroxylation sites is 1. The molecule has 0 aliphatic rings. The van der Waals surface area contributed by atoms with Crippen molar-refractivity contribution in [1.82, 2.24) is 14.7 Å². The number of terminal acetylenes is 1. The summed E-state index contributed by atoms with van der Waals surface area (Å²) in [6.45, 7) is 4.03. The van der Waals surface area contributed by atoms with Crippen LogP contribution in [0.2, 0.25) is 0 Å². The van der Waals surface area contributed by atoms with Gasteiger partial charge in [0.15, 0.2) is 5.58 Å². The molecule has 0 saturated carbocycles. The van der Waals surface area contributed by atoms with Gasteiger partial charge in [-0.05, 0) is 32.0 Å². The zero-order chi connectivity index (χ0) is 24.4. The summed E-state index contributed by atoms with van der Waals surface area (Å²) in [6.07, 6.45) is 9.57. The monoisotopic (exact) mass is 457 g/mol. The van der Waals surface area contributed by atoms with E-state index in [1.807, 2.05) is 50.2 Å². The third-order valence-corrected chi connectivity index (χ3v) is 5.64. The number of hydrogen-bond acceptors (Lipinski definition) is 7. The minimum absolute atomic E-state index is 0.295. The summed E-state index contributed by atoms with van der Waals surface area (Å²) < 4.78 is 23.6. The number of hydrogen-bond donors (Lipinski definition) is 0. The van der Waals surface area contributed by atoms with Crippen LogP contribution in [0.15, 0.2) is 56.3 Å². The highest BCUT2D eigenvalue weighted by molar-refractivity contribution is 6.04. The Morgan fingerprint density at radius 1 is 1.06 bits per heavy atom. The fourth-order valence-electron chi connectivity index (χ4n) is 4.16. The number of pyridine rings is 1. The van der Waals surface area contributed by atoms with Gasteiger partial charge < -0.3 is 18.4 Å². The van der Waals surface area contributed by atoms with E-state index in [1.165, 1.54) is 0 Å². The van der Waals surface area contributed by atoms with Gasteiger partial charge in [-0.2, -0.15) is 0 Å². The molecule has 0 amide bonds. The Hall–Kier alpha value is -4.51. The summed E-state index contributed by atoms with van der Waals surface area (Å²) in [5.74, 6) is 1.55. The van der Waals surface area contributed by atoms with E-state index < -0.39 is 5.76 Å². The van der Waals surface area contributed by atoms with Gasteiger partial charge in [0.25, 0.3) is 0 Å². The molecule has 0 bridgehead atoms. The van der Waals surface area contributed by atoms with Crippen LogP contribution in [0.4, 0.5) is 0 Å². The van der Waals surface area contributed by atoms with Crippen molar-refractivity contribution in [3.05, 3.63) is 70.2 Å². The molecule has 8 heteroatoms. The van der Waals surface area contributed by atoms with Gasteiger partial charge in [-0.25, -0.2) is 4.79 Å². The topological polar surface area (TPSA) is 92.5 Å². The number of fused-ring (bicyclic) bond motifs is 3. The maximum atomic E-state index is 12.8. The van der Waals surface area contributed by atoms with Crippen molar-refractivity contribution in [3.63, 3.8) is 0 Å². The van der Waals surface area contributed by atoms with Gasteiger partial charge in [0.2, 0.25) is 0 Å². The van der Waals surface area contributed by atoms with Crippen LogP contribution in [-0.2, 0) is 6.54 Å². The summed E-state index contributed by atoms with van der Waals surface area (Å²) >= 11 is 0. The lowest BCUT2D eigenvalue weighted by Gasteiger charge is -2.12. The highest BCUT2D eigenvalue weighted by atomic mass is 16.5. The van der Waals surface area contributed by atoms with Crippen LogP contribution in [0.5, 0.6) is 11.5 Å². The number of aromatic nitrogens is 3. The van der Waals surface area contributed by atoms with E-state index in [4.69, 9.17) is 18.4 Å². The minimum atomic E-state index is -0.464. The molecule has 3 aromatic heterocycles. The normalized spacial score (nSPS) is 10.8. The maximum absolute atomic E-state index is 12.8. The van der Waals surface area contributed by atoms with Gasteiger partial charge in [-0.15, -0.1) is 12.8 Å². The van der Waals surface area contributed by atoms with E-state index in [-0.39, 0.29) is 0 Å². The number of methoxy groups -OCH3 is 2. The molecule has 0 aliphatic heterocycles. The van der Waals surface area contributed by atoms with E-state index in [9.17, 15) is 4.79 Å². The minimum Gasteiger partial charge on any atom is -0.496 e. The Balaban J connectivity index is 0.00000133. The number of aryl methyl sites for hydroxylation is 2. The molecule has 0 saturated heterocycles. The summed E-state index contributed by atoms with van der Waals surface area (Å²) in [6, 6.07) is 11.4. The summed E-state index contributed by atoms with van der Waals surface area (Å²) in [4.78, 5) is 17.3. The van der Waals surface area contributed by atoms with Crippen LogP contribution < -0.4 is 15.2 Å². The number of rotatable bonds is 5. The molecule has 8 nitrogen and oxygen atoms in total. The molecule has 5 aromatic rings. The first-order chi connectivity index (χ1) is 16.5. The molecule has 172 valence electrons. The van der Waals surface area contributed by atoms with E-state index in [1.54, 1.807) is 25.0 Å². The largest absolute Gasteiger partial charge is 0.496 e. The average Bonchev–Trinajstić information content (AvgIpc) is 3.37. The lowest BCUT2D eigenvalue weighted by molar-refractivity contribution is 0.393. The molecular weight excluding hydrogens is 434 g/mol. The molecule has 0 radical (unpaired) electrons. The molecule has 0 N–H and O–H groups in total. The Kier molecular flexibility index (Phi) is 6.11. The van der Waals surface area contributed by atoms with E-state index in [2.05, 4.69) is 23.0 Å². The van der Waals surface area contributed by atoms with Gasteiger partial charge >= 0.3 is 5.76 Å². The van der Waals surface area contributed by atoms with Crippen LogP contribution in [0.25, 0.3) is 33.1 Å². The smallest absolute Gasteiger partial charge is 0.420 e. The zero-order valence-corrected chi connectivity index (χ0v) is 19.3. The molecule has 34 heavy (non-hydrogen) atoms.